The largest absolute Gasteiger partial charge is 0.218 e. The van der Waals surface area contributed by atoms with Crippen molar-refractivity contribution in [1.82, 2.24) is 0 Å². The molecule has 0 radical (unpaired) electrons. The van der Waals surface area contributed by atoms with Gasteiger partial charge in [0.05, 0.1) is 4.90 Å². The van der Waals surface area contributed by atoms with Gasteiger partial charge in [-0.05, 0) is 41.8 Å². The van der Waals surface area contributed by atoms with Crippen LogP contribution < -0.4 is 0 Å². The van der Waals surface area contributed by atoms with Crippen LogP contribution in [0, 0.1) is 11.3 Å². The lowest BCUT2D eigenvalue weighted by Gasteiger charge is -2.02. The third kappa shape index (κ3) is 3.04. The van der Waals surface area contributed by atoms with Gasteiger partial charge in [0.15, 0.2) is 4.91 Å². The zero-order valence-corrected chi connectivity index (χ0v) is 12.0. The van der Waals surface area contributed by atoms with Crippen LogP contribution in [0.15, 0.2) is 51.6 Å². The Morgan fingerprint density at radius 2 is 1.95 bits per heavy atom. The third-order valence-electron chi connectivity index (χ3n) is 2.34. The normalized spacial score (nSPS) is 12.1. The standard InChI is InChI=1S/C13H8ClNO2S2/c14-10-3-5-12(6-4-10)19(16,17)13(9-15)8-11-2-1-7-18-11/h1-8H/b13-8-. The molecule has 0 amide bonds. The van der Waals surface area contributed by atoms with Crippen LogP contribution in [-0.4, -0.2) is 8.42 Å². The number of benzene rings is 1. The second-order valence-corrected chi connectivity index (χ2v) is 6.93. The van der Waals surface area contributed by atoms with Crippen molar-refractivity contribution in [2.45, 2.75) is 4.90 Å². The van der Waals surface area contributed by atoms with Gasteiger partial charge < -0.3 is 0 Å². The van der Waals surface area contributed by atoms with Gasteiger partial charge in [0.25, 0.3) is 0 Å². The molecule has 0 bridgehead atoms. The van der Waals surface area contributed by atoms with Crippen LogP contribution in [0.2, 0.25) is 5.02 Å². The molecule has 19 heavy (non-hydrogen) atoms. The first-order valence-electron chi connectivity index (χ1n) is 5.20. The number of nitrogens with zero attached hydrogens (tertiary/aromatic N) is 1. The quantitative estimate of drug-likeness (QED) is 0.811. The Bertz CT molecular complexity index is 739. The molecule has 0 atom stereocenters. The van der Waals surface area contributed by atoms with Crippen LogP contribution in [-0.2, 0) is 9.84 Å². The summed E-state index contributed by atoms with van der Waals surface area (Å²) in [6.07, 6.45) is 1.37. The van der Waals surface area contributed by atoms with Crippen LogP contribution in [0.3, 0.4) is 0 Å². The van der Waals surface area contributed by atoms with E-state index in [9.17, 15) is 8.42 Å². The average Bonchev–Trinajstić information content (AvgIpc) is 2.89. The number of allylic oxidation sites excluding steroid dienone is 1. The summed E-state index contributed by atoms with van der Waals surface area (Å²) < 4.78 is 24.5. The summed E-state index contributed by atoms with van der Waals surface area (Å²) >= 11 is 7.08. The lowest BCUT2D eigenvalue weighted by Crippen LogP contribution is -2.03. The number of thiophene rings is 1. The zero-order chi connectivity index (χ0) is 13.9. The van der Waals surface area contributed by atoms with Gasteiger partial charge in [0.1, 0.15) is 6.07 Å². The van der Waals surface area contributed by atoms with Crippen LogP contribution in [0.4, 0.5) is 0 Å². The second-order valence-electron chi connectivity index (χ2n) is 3.59. The highest BCUT2D eigenvalue weighted by atomic mass is 35.5. The molecule has 96 valence electrons. The molecule has 1 heterocycles. The Hall–Kier alpha value is -1.61. The highest BCUT2D eigenvalue weighted by molar-refractivity contribution is 7.95. The Morgan fingerprint density at radius 1 is 1.26 bits per heavy atom. The van der Waals surface area contributed by atoms with E-state index < -0.39 is 9.84 Å². The molecule has 2 rings (SSSR count). The predicted octanol–water partition coefficient (Wildman–Crippen LogP) is 3.74. The lowest BCUT2D eigenvalue weighted by molar-refractivity contribution is 0.603. The minimum Gasteiger partial charge on any atom is -0.218 e. The fourth-order valence-corrected chi connectivity index (χ4v) is 3.42. The first kappa shape index (κ1) is 13.8. The van der Waals surface area contributed by atoms with E-state index in [-0.39, 0.29) is 9.80 Å². The molecule has 1 aromatic carbocycles. The van der Waals surface area contributed by atoms with Crippen molar-refractivity contribution in [3.63, 3.8) is 0 Å². The summed E-state index contributed by atoms with van der Waals surface area (Å²) in [4.78, 5) is 0.493. The molecule has 0 spiro atoms. The van der Waals surface area contributed by atoms with Crippen molar-refractivity contribution in [3.8, 4) is 6.07 Å². The van der Waals surface area contributed by atoms with Crippen LogP contribution in [0.25, 0.3) is 6.08 Å². The molecule has 0 fully saturated rings. The highest BCUT2D eigenvalue weighted by Gasteiger charge is 2.20. The Kier molecular flexibility index (Phi) is 4.05. The number of nitriles is 1. The third-order valence-corrected chi connectivity index (χ3v) is 5.09. The van der Waals surface area contributed by atoms with Crippen LogP contribution >= 0.6 is 22.9 Å². The predicted molar refractivity (Wildman–Crippen MR) is 76.5 cm³/mol. The van der Waals surface area contributed by atoms with E-state index in [1.54, 1.807) is 18.2 Å². The van der Waals surface area contributed by atoms with Crippen molar-refractivity contribution < 1.29 is 8.42 Å². The van der Waals surface area contributed by atoms with E-state index in [1.807, 2.05) is 5.38 Å². The van der Waals surface area contributed by atoms with Crippen molar-refractivity contribution in [3.05, 3.63) is 56.6 Å². The molecule has 2 aromatic rings. The summed E-state index contributed by atoms with van der Waals surface area (Å²) in [5.41, 5.74) is 0. The fourth-order valence-electron chi connectivity index (χ4n) is 1.41. The SMILES string of the molecule is N#C/C(=C/c1cccs1)S(=O)(=O)c1ccc(Cl)cc1. The molecule has 0 saturated carbocycles. The molecule has 0 saturated heterocycles. The van der Waals surface area contributed by atoms with Crippen LogP contribution in [0.5, 0.6) is 0 Å². The average molecular weight is 310 g/mol. The molecule has 1 aromatic heterocycles. The van der Waals surface area contributed by atoms with E-state index in [1.165, 1.54) is 41.7 Å². The highest BCUT2D eigenvalue weighted by Crippen LogP contribution is 2.23. The van der Waals surface area contributed by atoms with E-state index in [0.717, 1.165) is 0 Å². The number of sulfone groups is 1. The topological polar surface area (TPSA) is 57.9 Å². The molecule has 0 N–H and O–H groups in total. The maximum atomic E-state index is 12.3. The van der Waals surface area contributed by atoms with Gasteiger partial charge in [-0.25, -0.2) is 8.42 Å². The molecule has 0 aliphatic rings. The smallest absolute Gasteiger partial charge is 0.216 e. The Morgan fingerprint density at radius 3 is 2.47 bits per heavy atom. The number of hydrogen-bond acceptors (Lipinski definition) is 4. The first-order chi connectivity index (χ1) is 9.04. The fraction of sp³-hybridized carbons (Fsp3) is 0. The zero-order valence-electron chi connectivity index (χ0n) is 9.58. The van der Waals surface area contributed by atoms with Gasteiger partial charge in [0, 0.05) is 9.90 Å². The minimum atomic E-state index is -3.80. The summed E-state index contributed by atoms with van der Waals surface area (Å²) in [5, 5.41) is 11.3. The van der Waals surface area contributed by atoms with Crippen molar-refractivity contribution >= 4 is 38.9 Å². The number of rotatable bonds is 3. The minimum absolute atomic E-state index is 0.0567. The number of halogens is 1. The van der Waals surface area contributed by atoms with Gasteiger partial charge in [-0.1, -0.05) is 17.7 Å². The molecule has 6 heteroatoms. The molecule has 0 aliphatic heterocycles. The monoisotopic (exact) mass is 309 g/mol. The van der Waals surface area contributed by atoms with E-state index in [4.69, 9.17) is 16.9 Å². The maximum Gasteiger partial charge on any atom is 0.216 e. The molecule has 3 nitrogen and oxygen atoms in total. The van der Waals surface area contributed by atoms with Gasteiger partial charge >= 0.3 is 0 Å². The molecule has 0 aliphatic carbocycles. The van der Waals surface area contributed by atoms with Crippen molar-refractivity contribution in [2.24, 2.45) is 0 Å². The number of hydrogen-bond donors (Lipinski definition) is 0. The Balaban J connectivity index is 2.49. The molecular formula is C13H8ClNO2S2. The van der Waals surface area contributed by atoms with Crippen LogP contribution in [0.1, 0.15) is 4.88 Å². The van der Waals surface area contributed by atoms with Gasteiger partial charge in [-0.3, -0.25) is 0 Å². The second kappa shape index (κ2) is 5.57. The summed E-state index contributed by atoms with van der Waals surface area (Å²) in [7, 11) is -3.80. The first-order valence-corrected chi connectivity index (χ1v) is 7.94. The van der Waals surface area contributed by atoms with Gasteiger partial charge in [-0.15, -0.1) is 11.3 Å². The summed E-state index contributed by atoms with van der Waals surface area (Å²) in [6, 6.07) is 11.0. The van der Waals surface area contributed by atoms with Gasteiger partial charge in [0.2, 0.25) is 9.84 Å². The van der Waals surface area contributed by atoms with E-state index in [0.29, 0.717) is 9.90 Å². The summed E-state index contributed by atoms with van der Waals surface area (Å²) in [5.74, 6) is 0. The lowest BCUT2D eigenvalue weighted by atomic mass is 10.4. The maximum absolute atomic E-state index is 12.3. The van der Waals surface area contributed by atoms with Crippen molar-refractivity contribution in [1.29, 1.82) is 5.26 Å². The van der Waals surface area contributed by atoms with E-state index >= 15 is 0 Å². The molecule has 0 unspecified atom stereocenters. The summed E-state index contributed by atoms with van der Waals surface area (Å²) in [6.45, 7) is 0. The molecular weight excluding hydrogens is 302 g/mol. The van der Waals surface area contributed by atoms with E-state index in [2.05, 4.69) is 0 Å². The van der Waals surface area contributed by atoms with Gasteiger partial charge in [-0.2, -0.15) is 5.26 Å². The van der Waals surface area contributed by atoms with Crippen molar-refractivity contribution in [2.75, 3.05) is 0 Å². The Labute approximate surface area is 120 Å².